The Morgan fingerprint density at radius 1 is 0.950 bits per heavy atom. The first-order valence-electron chi connectivity index (χ1n) is 6.60. The molecule has 0 fully saturated rings. The molecular formula is C16H17FN2O. The van der Waals surface area contributed by atoms with Crippen molar-refractivity contribution < 1.29 is 9.18 Å². The highest BCUT2D eigenvalue weighted by molar-refractivity contribution is 5.90. The van der Waals surface area contributed by atoms with E-state index in [0.29, 0.717) is 6.42 Å². The molecule has 0 spiro atoms. The second-order valence-corrected chi connectivity index (χ2v) is 4.51. The van der Waals surface area contributed by atoms with Crippen LogP contribution in [0.4, 0.5) is 21.5 Å². The SMILES string of the molecule is CCCC(=O)Nc1ccc(Nc2ccc(F)cc2)cc1. The molecular weight excluding hydrogens is 255 g/mol. The van der Waals surface area contributed by atoms with Gasteiger partial charge in [-0.1, -0.05) is 6.92 Å². The Morgan fingerprint density at radius 2 is 1.45 bits per heavy atom. The predicted octanol–water partition coefficient (Wildman–Crippen LogP) is 4.31. The van der Waals surface area contributed by atoms with Gasteiger partial charge in [0.2, 0.25) is 5.91 Å². The number of carbonyl (C=O) groups is 1. The maximum atomic E-state index is 12.8. The average Bonchev–Trinajstić information content (AvgIpc) is 2.44. The molecule has 2 N–H and O–H groups in total. The van der Waals surface area contributed by atoms with Gasteiger partial charge < -0.3 is 10.6 Å². The summed E-state index contributed by atoms with van der Waals surface area (Å²) in [5.41, 5.74) is 2.47. The predicted molar refractivity (Wildman–Crippen MR) is 79.7 cm³/mol. The van der Waals surface area contributed by atoms with Crippen molar-refractivity contribution in [1.29, 1.82) is 0 Å². The number of halogens is 1. The van der Waals surface area contributed by atoms with E-state index in [9.17, 15) is 9.18 Å². The number of hydrogen-bond acceptors (Lipinski definition) is 2. The van der Waals surface area contributed by atoms with Gasteiger partial charge in [0.1, 0.15) is 5.82 Å². The quantitative estimate of drug-likeness (QED) is 0.851. The van der Waals surface area contributed by atoms with Gasteiger partial charge in [0.05, 0.1) is 0 Å². The van der Waals surface area contributed by atoms with Crippen LogP contribution < -0.4 is 10.6 Å². The largest absolute Gasteiger partial charge is 0.356 e. The van der Waals surface area contributed by atoms with E-state index < -0.39 is 0 Å². The molecule has 0 bridgehead atoms. The summed E-state index contributed by atoms with van der Waals surface area (Å²) in [6.07, 6.45) is 1.35. The molecule has 20 heavy (non-hydrogen) atoms. The van der Waals surface area contributed by atoms with E-state index in [-0.39, 0.29) is 11.7 Å². The highest BCUT2D eigenvalue weighted by Gasteiger charge is 2.01. The minimum absolute atomic E-state index is 0.0201. The number of amides is 1. The molecule has 3 nitrogen and oxygen atoms in total. The summed E-state index contributed by atoms with van der Waals surface area (Å²) in [6.45, 7) is 1.97. The Morgan fingerprint density at radius 3 is 2.00 bits per heavy atom. The summed E-state index contributed by atoms with van der Waals surface area (Å²) in [5.74, 6) is -0.240. The lowest BCUT2D eigenvalue weighted by atomic mass is 10.2. The lowest BCUT2D eigenvalue weighted by molar-refractivity contribution is -0.116. The van der Waals surface area contributed by atoms with Crippen molar-refractivity contribution in [1.82, 2.24) is 0 Å². The molecule has 0 heterocycles. The van der Waals surface area contributed by atoms with Crippen LogP contribution in [0, 0.1) is 5.82 Å². The highest BCUT2D eigenvalue weighted by Crippen LogP contribution is 2.19. The van der Waals surface area contributed by atoms with Crippen LogP contribution in [0.15, 0.2) is 48.5 Å². The highest BCUT2D eigenvalue weighted by atomic mass is 19.1. The fourth-order valence-electron chi connectivity index (χ4n) is 1.79. The average molecular weight is 272 g/mol. The fourth-order valence-corrected chi connectivity index (χ4v) is 1.79. The van der Waals surface area contributed by atoms with Gasteiger partial charge in [-0.3, -0.25) is 4.79 Å². The maximum Gasteiger partial charge on any atom is 0.224 e. The van der Waals surface area contributed by atoms with Gasteiger partial charge in [-0.25, -0.2) is 4.39 Å². The number of carbonyl (C=O) groups excluding carboxylic acids is 1. The zero-order valence-corrected chi connectivity index (χ0v) is 11.3. The molecule has 0 atom stereocenters. The molecule has 1 amide bonds. The molecule has 0 aliphatic carbocycles. The van der Waals surface area contributed by atoms with Gasteiger partial charge in [-0.2, -0.15) is 0 Å². The summed E-state index contributed by atoms with van der Waals surface area (Å²) >= 11 is 0. The summed E-state index contributed by atoms with van der Waals surface area (Å²) in [6, 6.07) is 13.6. The Labute approximate surface area is 117 Å². The molecule has 0 aliphatic heterocycles. The Hall–Kier alpha value is -2.36. The number of benzene rings is 2. The number of hydrogen-bond donors (Lipinski definition) is 2. The second kappa shape index (κ2) is 6.70. The lowest BCUT2D eigenvalue weighted by Crippen LogP contribution is -2.10. The van der Waals surface area contributed by atoms with E-state index in [0.717, 1.165) is 23.5 Å². The van der Waals surface area contributed by atoms with Crippen molar-refractivity contribution in [3.05, 3.63) is 54.3 Å². The number of nitrogens with one attached hydrogen (secondary N) is 2. The van der Waals surface area contributed by atoms with Crippen LogP contribution in [0.5, 0.6) is 0 Å². The van der Waals surface area contributed by atoms with E-state index in [2.05, 4.69) is 10.6 Å². The first-order chi connectivity index (χ1) is 9.67. The fraction of sp³-hybridized carbons (Fsp3) is 0.188. The number of anilines is 3. The lowest BCUT2D eigenvalue weighted by Gasteiger charge is -2.08. The van der Waals surface area contributed by atoms with E-state index in [1.807, 2.05) is 31.2 Å². The van der Waals surface area contributed by atoms with Gasteiger partial charge in [0.25, 0.3) is 0 Å². The van der Waals surface area contributed by atoms with Crippen molar-refractivity contribution in [2.24, 2.45) is 0 Å². The molecule has 104 valence electrons. The van der Waals surface area contributed by atoms with E-state index in [4.69, 9.17) is 0 Å². The third-order valence-corrected chi connectivity index (χ3v) is 2.78. The van der Waals surface area contributed by atoms with Crippen LogP contribution in [0.25, 0.3) is 0 Å². The summed E-state index contributed by atoms with van der Waals surface area (Å²) < 4.78 is 12.8. The van der Waals surface area contributed by atoms with E-state index >= 15 is 0 Å². The Bertz CT molecular complexity index is 564. The molecule has 2 aromatic carbocycles. The molecule has 2 rings (SSSR count). The van der Waals surface area contributed by atoms with E-state index in [1.54, 1.807) is 12.1 Å². The minimum Gasteiger partial charge on any atom is -0.356 e. The molecule has 0 radical (unpaired) electrons. The van der Waals surface area contributed by atoms with Gasteiger partial charge in [-0.15, -0.1) is 0 Å². The zero-order valence-electron chi connectivity index (χ0n) is 11.3. The van der Waals surface area contributed by atoms with Crippen molar-refractivity contribution in [2.45, 2.75) is 19.8 Å². The molecule has 0 aromatic heterocycles. The third-order valence-electron chi connectivity index (χ3n) is 2.78. The topological polar surface area (TPSA) is 41.1 Å². The van der Waals surface area contributed by atoms with Crippen LogP contribution in [-0.4, -0.2) is 5.91 Å². The van der Waals surface area contributed by atoms with Gasteiger partial charge >= 0.3 is 0 Å². The standard InChI is InChI=1S/C16H17FN2O/c1-2-3-16(20)19-15-10-8-14(9-11-15)18-13-6-4-12(17)5-7-13/h4-11,18H,2-3H2,1H3,(H,19,20). The Kier molecular flexibility index (Phi) is 4.71. The maximum absolute atomic E-state index is 12.8. The first kappa shape index (κ1) is 14.1. The van der Waals surface area contributed by atoms with Gasteiger partial charge in [0, 0.05) is 23.5 Å². The number of rotatable bonds is 5. The normalized spacial score (nSPS) is 10.1. The van der Waals surface area contributed by atoms with Gasteiger partial charge in [0.15, 0.2) is 0 Å². The van der Waals surface area contributed by atoms with Gasteiger partial charge in [-0.05, 0) is 55.0 Å². The van der Waals surface area contributed by atoms with Crippen LogP contribution in [0.3, 0.4) is 0 Å². The van der Waals surface area contributed by atoms with Crippen LogP contribution in [-0.2, 0) is 4.79 Å². The summed E-state index contributed by atoms with van der Waals surface area (Å²) in [4.78, 5) is 11.5. The molecule has 0 unspecified atom stereocenters. The zero-order chi connectivity index (χ0) is 14.4. The van der Waals surface area contributed by atoms with Crippen molar-refractivity contribution in [3.8, 4) is 0 Å². The molecule has 2 aromatic rings. The summed E-state index contributed by atoms with van der Waals surface area (Å²) in [5, 5.41) is 5.98. The smallest absolute Gasteiger partial charge is 0.224 e. The minimum atomic E-state index is -0.260. The molecule has 0 saturated carbocycles. The summed E-state index contributed by atoms with van der Waals surface area (Å²) in [7, 11) is 0. The molecule has 0 aliphatic rings. The van der Waals surface area contributed by atoms with Crippen LogP contribution >= 0.6 is 0 Å². The Balaban J connectivity index is 1.97. The first-order valence-corrected chi connectivity index (χ1v) is 6.60. The second-order valence-electron chi connectivity index (χ2n) is 4.51. The van der Waals surface area contributed by atoms with Crippen molar-refractivity contribution >= 4 is 23.0 Å². The van der Waals surface area contributed by atoms with Crippen LogP contribution in [0.1, 0.15) is 19.8 Å². The van der Waals surface area contributed by atoms with E-state index in [1.165, 1.54) is 12.1 Å². The molecule has 4 heteroatoms. The molecule has 0 saturated heterocycles. The third kappa shape index (κ3) is 4.09. The van der Waals surface area contributed by atoms with Crippen molar-refractivity contribution in [2.75, 3.05) is 10.6 Å². The van der Waals surface area contributed by atoms with Crippen molar-refractivity contribution in [3.63, 3.8) is 0 Å². The monoisotopic (exact) mass is 272 g/mol. The van der Waals surface area contributed by atoms with Crippen LogP contribution in [0.2, 0.25) is 0 Å².